The smallest absolute Gasteiger partial charge is 0.193 e. The van der Waals surface area contributed by atoms with Gasteiger partial charge < -0.3 is 15.0 Å². The second-order valence-corrected chi connectivity index (χ2v) is 9.35. The molecule has 25 heavy (non-hydrogen) atoms. The van der Waals surface area contributed by atoms with Crippen LogP contribution in [0.25, 0.3) is 0 Å². The van der Waals surface area contributed by atoms with Crippen molar-refractivity contribution in [1.29, 1.82) is 0 Å². The minimum absolute atomic E-state index is 0. The van der Waals surface area contributed by atoms with Crippen LogP contribution in [0.2, 0.25) is 0 Å². The third-order valence-corrected chi connectivity index (χ3v) is 6.94. The van der Waals surface area contributed by atoms with Crippen molar-refractivity contribution in [2.45, 2.75) is 31.7 Å². The number of guanidine groups is 1. The first kappa shape index (κ1) is 22.2. The van der Waals surface area contributed by atoms with Gasteiger partial charge in [0.15, 0.2) is 15.8 Å². The van der Waals surface area contributed by atoms with Gasteiger partial charge >= 0.3 is 0 Å². The number of halogens is 1. The first-order chi connectivity index (χ1) is 11.3. The van der Waals surface area contributed by atoms with E-state index >= 15 is 0 Å². The number of benzene rings is 1. The van der Waals surface area contributed by atoms with E-state index in [0.29, 0.717) is 26.2 Å². The standard InChI is InChI=1S/C17H27N3O3S.HI/c1-17(2)13-20(9-10-24(17,21)22)16(18-3)19-11-14-7-5-6-8-15(14)12-23-4;/h5-8H,9-13H2,1-4H3,(H,18,19);1H. The summed E-state index contributed by atoms with van der Waals surface area (Å²) in [5.41, 5.74) is 2.27. The number of sulfone groups is 1. The highest BCUT2D eigenvalue weighted by Gasteiger charge is 2.40. The molecular formula is C17H28IN3O3S. The average molecular weight is 481 g/mol. The van der Waals surface area contributed by atoms with Crippen LogP contribution in [-0.4, -0.2) is 57.0 Å². The highest BCUT2D eigenvalue weighted by atomic mass is 127. The largest absolute Gasteiger partial charge is 0.380 e. The molecule has 1 saturated heterocycles. The number of nitrogens with zero attached hydrogens (tertiary/aromatic N) is 2. The fourth-order valence-electron chi connectivity index (χ4n) is 2.86. The van der Waals surface area contributed by atoms with Gasteiger partial charge in [-0.25, -0.2) is 8.42 Å². The molecule has 1 N–H and O–H groups in total. The van der Waals surface area contributed by atoms with E-state index in [-0.39, 0.29) is 29.7 Å². The van der Waals surface area contributed by atoms with Gasteiger partial charge in [-0.3, -0.25) is 4.99 Å². The molecule has 0 aliphatic carbocycles. The summed E-state index contributed by atoms with van der Waals surface area (Å²) in [4.78, 5) is 6.34. The first-order valence-corrected chi connectivity index (χ1v) is 9.69. The van der Waals surface area contributed by atoms with Crippen LogP contribution >= 0.6 is 24.0 Å². The van der Waals surface area contributed by atoms with E-state index in [4.69, 9.17) is 4.74 Å². The Kier molecular flexibility index (Phi) is 8.14. The molecule has 0 atom stereocenters. The van der Waals surface area contributed by atoms with E-state index in [2.05, 4.69) is 16.4 Å². The van der Waals surface area contributed by atoms with Crippen LogP contribution in [0.1, 0.15) is 25.0 Å². The third-order valence-electron chi connectivity index (χ3n) is 4.41. The molecule has 0 unspecified atom stereocenters. The normalized spacial score (nSPS) is 19.2. The maximum absolute atomic E-state index is 12.2. The van der Waals surface area contributed by atoms with Gasteiger partial charge in [0, 0.05) is 33.8 Å². The number of hydrogen-bond acceptors (Lipinski definition) is 4. The Labute approximate surface area is 168 Å². The molecule has 0 amide bonds. The number of ether oxygens (including phenoxy) is 1. The zero-order valence-electron chi connectivity index (χ0n) is 15.3. The second kappa shape index (κ2) is 9.18. The first-order valence-electron chi connectivity index (χ1n) is 8.04. The zero-order chi connectivity index (χ0) is 17.8. The van der Waals surface area contributed by atoms with Gasteiger partial charge in [-0.05, 0) is 25.0 Å². The highest BCUT2D eigenvalue weighted by Crippen LogP contribution is 2.23. The van der Waals surface area contributed by atoms with Crippen molar-refractivity contribution in [2.75, 3.05) is 33.0 Å². The number of hydrogen-bond donors (Lipinski definition) is 1. The Morgan fingerprint density at radius 3 is 2.52 bits per heavy atom. The number of aliphatic imine (C=N–C) groups is 1. The number of methoxy groups -OCH3 is 1. The van der Waals surface area contributed by atoms with Gasteiger partial charge in [0.25, 0.3) is 0 Å². The van der Waals surface area contributed by atoms with Crippen LogP contribution in [0.15, 0.2) is 29.3 Å². The SMILES string of the molecule is CN=C(NCc1ccccc1COC)N1CCS(=O)(=O)C(C)(C)C1.I. The fourth-order valence-corrected chi connectivity index (χ4v) is 4.22. The summed E-state index contributed by atoms with van der Waals surface area (Å²) in [6.45, 7) is 5.63. The Morgan fingerprint density at radius 1 is 1.32 bits per heavy atom. The van der Waals surface area contributed by atoms with Crippen LogP contribution in [0.5, 0.6) is 0 Å². The topological polar surface area (TPSA) is 71.0 Å². The van der Waals surface area contributed by atoms with Crippen LogP contribution in [0, 0.1) is 0 Å². The Morgan fingerprint density at radius 2 is 1.96 bits per heavy atom. The molecule has 0 saturated carbocycles. The monoisotopic (exact) mass is 481 g/mol. The molecule has 142 valence electrons. The molecule has 8 heteroatoms. The van der Waals surface area contributed by atoms with Crippen LogP contribution in [-0.2, 0) is 27.7 Å². The summed E-state index contributed by atoms with van der Waals surface area (Å²) < 4.78 is 28.8. The molecular weight excluding hydrogens is 453 g/mol. The summed E-state index contributed by atoms with van der Waals surface area (Å²) in [7, 11) is 0.344. The van der Waals surface area contributed by atoms with Crippen molar-refractivity contribution in [1.82, 2.24) is 10.2 Å². The van der Waals surface area contributed by atoms with Crippen molar-refractivity contribution in [2.24, 2.45) is 4.99 Å². The molecule has 0 radical (unpaired) electrons. The molecule has 0 aromatic heterocycles. The van der Waals surface area contributed by atoms with Crippen LogP contribution in [0.4, 0.5) is 0 Å². The fraction of sp³-hybridized carbons (Fsp3) is 0.588. The summed E-state index contributed by atoms with van der Waals surface area (Å²) in [5, 5.41) is 3.34. The summed E-state index contributed by atoms with van der Waals surface area (Å²) >= 11 is 0. The summed E-state index contributed by atoms with van der Waals surface area (Å²) in [5.74, 6) is 0.881. The lowest BCUT2D eigenvalue weighted by molar-refractivity contribution is 0.184. The van der Waals surface area contributed by atoms with E-state index in [0.717, 1.165) is 17.1 Å². The predicted molar refractivity (Wildman–Crippen MR) is 112 cm³/mol. The van der Waals surface area contributed by atoms with Crippen molar-refractivity contribution >= 4 is 39.8 Å². The summed E-state index contributed by atoms with van der Waals surface area (Å²) in [6, 6.07) is 8.08. The number of rotatable bonds is 4. The van der Waals surface area contributed by atoms with Gasteiger partial charge in [0.1, 0.15) is 0 Å². The Bertz CT molecular complexity index is 705. The Balaban J connectivity index is 0.00000312. The number of nitrogens with one attached hydrogen (secondary N) is 1. The molecule has 2 rings (SSSR count). The molecule has 1 aliphatic rings. The average Bonchev–Trinajstić information content (AvgIpc) is 2.53. The van der Waals surface area contributed by atoms with Gasteiger partial charge in [-0.1, -0.05) is 24.3 Å². The maximum Gasteiger partial charge on any atom is 0.193 e. The molecule has 1 heterocycles. The molecule has 1 aromatic rings. The van der Waals surface area contributed by atoms with E-state index < -0.39 is 14.6 Å². The van der Waals surface area contributed by atoms with Gasteiger partial charge in [-0.15, -0.1) is 24.0 Å². The molecule has 1 fully saturated rings. The minimum Gasteiger partial charge on any atom is -0.380 e. The quantitative estimate of drug-likeness (QED) is 0.405. The van der Waals surface area contributed by atoms with Crippen LogP contribution in [0.3, 0.4) is 0 Å². The molecule has 0 spiro atoms. The van der Waals surface area contributed by atoms with E-state index in [1.54, 1.807) is 28.0 Å². The van der Waals surface area contributed by atoms with E-state index in [9.17, 15) is 8.42 Å². The molecule has 0 bridgehead atoms. The molecule has 1 aromatic carbocycles. The minimum atomic E-state index is -3.06. The lowest BCUT2D eigenvalue weighted by Crippen LogP contribution is -2.57. The van der Waals surface area contributed by atoms with Gasteiger partial charge in [0.05, 0.1) is 17.1 Å². The van der Waals surface area contributed by atoms with Gasteiger partial charge in [-0.2, -0.15) is 0 Å². The zero-order valence-corrected chi connectivity index (χ0v) is 18.4. The van der Waals surface area contributed by atoms with E-state index in [1.165, 1.54) is 0 Å². The van der Waals surface area contributed by atoms with Gasteiger partial charge in [0.2, 0.25) is 0 Å². The lowest BCUT2D eigenvalue weighted by atomic mass is 10.1. The summed E-state index contributed by atoms with van der Waals surface area (Å²) in [6.07, 6.45) is 0. The van der Waals surface area contributed by atoms with Crippen molar-refractivity contribution < 1.29 is 13.2 Å². The predicted octanol–water partition coefficient (Wildman–Crippen LogP) is 2.04. The van der Waals surface area contributed by atoms with Crippen molar-refractivity contribution in [3.8, 4) is 0 Å². The van der Waals surface area contributed by atoms with E-state index in [1.807, 2.05) is 23.1 Å². The third kappa shape index (κ3) is 5.30. The molecule has 6 nitrogen and oxygen atoms in total. The lowest BCUT2D eigenvalue weighted by Gasteiger charge is -2.39. The van der Waals surface area contributed by atoms with Crippen molar-refractivity contribution in [3.63, 3.8) is 0 Å². The maximum atomic E-state index is 12.2. The second-order valence-electron chi connectivity index (χ2n) is 6.60. The van der Waals surface area contributed by atoms with Crippen molar-refractivity contribution in [3.05, 3.63) is 35.4 Å². The highest BCUT2D eigenvalue weighted by molar-refractivity contribution is 14.0. The Hall–Kier alpha value is -0.870. The van der Waals surface area contributed by atoms with Crippen LogP contribution < -0.4 is 5.32 Å². The molecule has 1 aliphatic heterocycles.